The highest BCUT2D eigenvalue weighted by Crippen LogP contribution is 2.23. The van der Waals surface area contributed by atoms with Gasteiger partial charge in [0.2, 0.25) is 0 Å². The van der Waals surface area contributed by atoms with E-state index in [9.17, 15) is 34.6 Å². The number of nitro benzene ring substituents is 2. The fraction of sp³-hybridized carbons (Fsp3) is 0.286. The average Bonchev–Trinajstić information content (AvgIpc) is 2.76. The van der Waals surface area contributed by atoms with Crippen LogP contribution in [0.1, 0.15) is 31.1 Å². The summed E-state index contributed by atoms with van der Waals surface area (Å²) in [4.78, 5) is 57.9. The lowest BCUT2D eigenvalue weighted by molar-refractivity contribution is -0.385. The van der Waals surface area contributed by atoms with Gasteiger partial charge in [0.1, 0.15) is 6.04 Å². The summed E-state index contributed by atoms with van der Waals surface area (Å²) in [6.07, 6.45) is -1.25. The van der Waals surface area contributed by atoms with Crippen molar-refractivity contribution in [2.45, 2.75) is 32.9 Å². The number of hydrogen-bond acceptors (Lipinski definition) is 8. The molecular weight excluding hydrogens is 472 g/mol. The number of nitro groups is 2. The van der Waals surface area contributed by atoms with E-state index in [0.717, 1.165) is 12.1 Å². The summed E-state index contributed by atoms with van der Waals surface area (Å²) in [7, 11) is 0. The SMILES string of the molecule is CC(OC(=O)C(NC(=O)c1ccc([N+](=O)[O-])cc1Cl)C(C)C)C(=O)Nc1ccc([N+](=O)[O-])cc1. The first kappa shape index (κ1) is 26.2. The third kappa shape index (κ3) is 6.72. The van der Waals surface area contributed by atoms with E-state index < -0.39 is 45.7 Å². The second-order valence-electron chi connectivity index (χ2n) is 7.49. The Bertz CT molecular complexity index is 1120. The molecule has 2 rings (SSSR count). The van der Waals surface area contributed by atoms with E-state index in [4.69, 9.17) is 16.3 Å². The molecule has 0 aliphatic carbocycles. The minimum atomic E-state index is -1.25. The fourth-order valence-electron chi connectivity index (χ4n) is 2.73. The van der Waals surface area contributed by atoms with Gasteiger partial charge in [0.05, 0.1) is 20.4 Å². The predicted octanol–water partition coefficient (Wildman–Crippen LogP) is 3.48. The van der Waals surface area contributed by atoms with Crippen molar-refractivity contribution in [2.24, 2.45) is 5.92 Å². The summed E-state index contributed by atoms with van der Waals surface area (Å²) in [6.45, 7) is 4.61. The molecule has 0 fully saturated rings. The number of carbonyl (C=O) groups excluding carboxylic acids is 3. The highest BCUT2D eigenvalue weighted by atomic mass is 35.5. The number of nitrogens with one attached hydrogen (secondary N) is 2. The number of halogens is 1. The quantitative estimate of drug-likeness (QED) is 0.304. The number of anilines is 1. The maximum absolute atomic E-state index is 12.7. The molecule has 180 valence electrons. The Kier molecular flexibility index (Phi) is 8.62. The Morgan fingerprint density at radius 3 is 2.00 bits per heavy atom. The van der Waals surface area contributed by atoms with Gasteiger partial charge in [0, 0.05) is 30.0 Å². The van der Waals surface area contributed by atoms with Gasteiger partial charge in [0.25, 0.3) is 23.2 Å². The summed E-state index contributed by atoms with van der Waals surface area (Å²) in [5, 5.41) is 26.3. The Hall–Kier alpha value is -4.06. The Morgan fingerprint density at radius 2 is 1.50 bits per heavy atom. The molecule has 0 saturated carbocycles. The van der Waals surface area contributed by atoms with Gasteiger partial charge in [-0.25, -0.2) is 4.79 Å². The first-order chi connectivity index (χ1) is 15.9. The van der Waals surface area contributed by atoms with E-state index in [1.807, 2.05) is 0 Å². The van der Waals surface area contributed by atoms with E-state index >= 15 is 0 Å². The number of rotatable bonds is 9. The van der Waals surface area contributed by atoms with Crippen molar-refractivity contribution in [3.63, 3.8) is 0 Å². The smallest absolute Gasteiger partial charge is 0.329 e. The zero-order chi connectivity index (χ0) is 25.6. The standard InChI is InChI=1S/C21H21ClN4O8/c1-11(2)18(24-20(28)16-9-8-15(26(32)33)10-17(16)22)21(29)34-12(3)19(27)23-13-4-6-14(7-5-13)25(30)31/h4-12,18H,1-3H3,(H,23,27)(H,24,28). The molecule has 0 bridgehead atoms. The van der Waals surface area contributed by atoms with Gasteiger partial charge in [-0.15, -0.1) is 0 Å². The number of nitrogens with zero attached hydrogens (tertiary/aromatic N) is 2. The van der Waals surface area contributed by atoms with Crippen LogP contribution in [0.5, 0.6) is 0 Å². The molecule has 0 spiro atoms. The lowest BCUT2D eigenvalue weighted by atomic mass is 10.0. The number of non-ortho nitro benzene ring substituents is 2. The van der Waals surface area contributed by atoms with E-state index in [2.05, 4.69) is 10.6 Å². The van der Waals surface area contributed by atoms with Crippen molar-refractivity contribution in [1.82, 2.24) is 5.32 Å². The van der Waals surface area contributed by atoms with Gasteiger partial charge in [-0.2, -0.15) is 0 Å². The molecule has 0 saturated heterocycles. The zero-order valence-electron chi connectivity index (χ0n) is 18.3. The molecule has 0 aliphatic heterocycles. The molecule has 2 aromatic rings. The van der Waals surface area contributed by atoms with Gasteiger partial charge >= 0.3 is 5.97 Å². The van der Waals surface area contributed by atoms with Crippen molar-refractivity contribution < 1.29 is 29.0 Å². The molecule has 2 atom stereocenters. The molecule has 2 amide bonds. The molecule has 0 aliphatic rings. The number of hydrogen-bond donors (Lipinski definition) is 2. The molecule has 0 radical (unpaired) electrons. The van der Waals surface area contributed by atoms with Gasteiger partial charge < -0.3 is 15.4 Å². The van der Waals surface area contributed by atoms with Crippen molar-refractivity contribution >= 4 is 46.4 Å². The van der Waals surface area contributed by atoms with Crippen molar-refractivity contribution in [1.29, 1.82) is 0 Å². The molecule has 12 nitrogen and oxygen atoms in total. The first-order valence-corrected chi connectivity index (χ1v) is 10.3. The third-order valence-corrected chi connectivity index (χ3v) is 4.94. The largest absolute Gasteiger partial charge is 0.451 e. The van der Waals surface area contributed by atoms with E-state index in [1.165, 1.54) is 37.3 Å². The highest BCUT2D eigenvalue weighted by molar-refractivity contribution is 6.34. The minimum absolute atomic E-state index is 0.0744. The monoisotopic (exact) mass is 492 g/mol. The van der Waals surface area contributed by atoms with Crippen LogP contribution in [0.4, 0.5) is 17.1 Å². The maximum Gasteiger partial charge on any atom is 0.329 e. The van der Waals surface area contributed by atoms with Crippen LogP contribution in [0.25, 0.3) is 0 Å². The van der Waals surface area contributed by atoms with Crippen LogP contribution in [0, 0.1) is 26.1 Å². The summed E-state index contributed by atoms with van der Waals surface area (Å²) >= 11 is 5.97. The third-order valence-electron chi connectivity index (χ3n) is 4.62. The fourth-order valence-corrected chi connectivity index (χ4v) is 2.99. The molecule has 34 heavy (non-hydrogen) atoms. The van der Waals surface area contributed by atoms with Crippen LogP contribution in [-0.2, 0) is 14.3 Å². The Morgan fingerprint density at radius 1 is 0.941 bits per heavy atom. The van der Waals surface area contributed by atoms with E-state index in [0.29, 0.717) is 0 Å². The molecule has 2 unspecified atom stereocenters. The number of benzene rings is 2. The maximum atomic E-state index is 12.7. The molecule has 13 heteroatoms. The number of esters is 1. The average molecular weight is 493 g/mol. The second kappa shape index (κ2) is 11.2. The summed E-state index contributed by atoms with van der Waals surface area (Å²) in [5.41, 5.74) is -0.259. The number of amides is 2. The van der Waals surface area contributed by atoms with Crippen LogP contribution in [0.3, 0.4) is 0 Å². The van der Waals surface area contributed by atoms with Gasteiger partial charge in [0.15, 0.2) is 6.10 Å². The summed E-state index contributed by atoms with van der Waals surface area (Å²) in [5.74, 6) is -2.75. The Labute approximate surface area is 198 Å². The van der Waals surface area contributed by atoms with Crippen molar-refractivity contribution in [2.75, 3.05) is 5.32 Å². The van der Waals surface area contributed by atoms with Crippen LogP contribution < -0.4 is 10.6 Å². The number of carbonyl (C=O) groups is 3. The van der Waals surface area contributed by atoms with Crippen molar-refractivity contribution in [3.8, 4) is 0 Å². The van der Waals surface area contributed by atoms with Crippen LogP contribution in [0.15, 0.2) is 42.5 Å². The van der Waals surface area contributed by atoms with Gasteiger partial charge in [-0.3, -0.25) is 29.8 Å². The summed E-state index contributed by atoms with van der Waals surface area (Å²) < 4.78 is 5.19. The van der Waals surface area contributed by atoms with E-state index in [1.54, 1.807) is 13.8 Å². The van der Waals surface area contributed by atoms with Crippen LogP contribution >= 0.6 is 11.6 Å². The highest BCUT2D eigenvalue weighted by Gasteiger charge is 2.30. The zero-order valence-corrected chi connectivity index (χ0v) is 19.1. The molecule has 2 aromatic carbocycles. The lowest BCUT2D eigenvalue weighted by Gasteiger charge is -2.23. The van der Waals surface area contributed by atoms with E-state index in [-0.39, 0.29) is 27.6 Å². The second-order valence-corrected chi connectivity index (χ2v) is 7.90. The minimum Gasteiger partial charge on any atom is -0.451 e. The molecule has 2 N–H and O–H groups in total. The summed E-state index contributed by atoms with van der Waals surface area (Å²) in [6, 6.07) is 7.22. The predicted molar refractivity (Wildman–Crippen MR) is 121 cm³/mol. The van der Waals surface area contributed by atoms with Crippen LogP contribution in [0.2, 0.25) is 5.02 Å². The molecule has 0 aromatic heterocycles. The molecule has 0 heterocycles. The normalized spacial score (nSPS) is 12.4. The Balaban J connectivity index is 2.04. The molecular formula is C21H21ClN4O8. The number of ether oxygens (including phenoxy) is 1. The lowest BCUT2D eigenvalue weighted by Crippen LogP contribution is -2.47. The topological polar surface area (TPSA) is 171 Å². The van der Waals surface area contributed by atoms with Gasteiger partial charge in [-0.1, -0.05) is 25.4 Å². The van der Waals surface area contributed by atoms with Gasteiger partial charge in [-0.05, 0) is 31.0 Å². The van der Waals surface area contributed by atoms with Crippen LogP contribution in [-0.4, -0.2) is 39.8 Å². The first-order valence-electron chi connectivity index (χ1n) is 9.91. The van der Waals surface area contributed by atoms with Crippen molar-refractivity contribution in [3.05, 3.63) is 73.3 Å².